The molecule has 0 radical (unpaired) electrons. The Kier molecular flexibility index (Phi) is 8.63. The molecule has 2 fully saturated rings. The Hall–Kier alpha value is -3.79. The van der Waals surface area contributed by atoms with E-state index >= 15 is 0 Å². The number of ether oxygens (including phenoxy) is 3. The van der Waals surface area contributed by atoms with E-state index in [0.29, 0.717) is 57.6 Å². The van der Waals surface area contributed by atoms with E-state index in [9.17, 15) is 22.8 Å². The van der Waals surface area contributed by atoms with Gasteiger partial charge in [-0.05, 0) is 73.8 Å². The first kappa shape index (κ1) is 29.7. The van der Waals surface area contributed by atoms with Gasteiger partial charge in [0.05, 0.1) is 13.7 Å². The number of amides is 1. The predicted octanol–water partition coefficient (Wildman–Crippen LogP) is 5.85. The van der Waals surface area contributed by atoms with Crippen molar-refractivity contribution < 1.29 is 37.0 Å². The van der Waals surface area contributed by atoms with Crippen molar-refractivity contribution in [3.8, 4) is 11.5 Å². The summed E-state index contributed by atoms with van der Waals surface area (Å²) in [5.41, 5.74) is 0.824. The second-order valence-corrected chi connectivity index (χ2v) is 11.0. The van der Waals surface area contributed by atoms with E-state index in [0.717, 1.165) is 27.8 Å². The fraction of sp³-hybridized carbons (Fsp3) is 0.438. The summed E-state index contributed by atoms with van der Waals surface area (Å²) in [4.78, 5) is 29.2. The molecule has 3 aromatic rings. The maximum atomic E-state index is 13.4. The monoisotopic (exact) mass is 584 g/mol. The zero-order valence-electron chi connectivity index (χ0n) is 23.8. The number of hydrogen-bond donors (Lipinski definition) is 0. The topological polar surface area (TPSA) is 68.3 Å². The number of methoxy groups -OCH3 is 1. The quantitative estimate of drug-likeness (QED) is 0.325. The number of carbonyl (C=O) groups is 2. The lowest BCUT2D eigenvalue weighted by Gasteiger charge is -2.51. The number of piperidine rings is 2. The SMILES string of the molecule is CCOc1ccccc1CN1CCC2(CCN(C(=O)c3ccc4cc(OC)ccc4c3)CC2)C(OC(=O)C(F)(F)F)C1. The van der Waals surface area contributed by atoms with Crippen LogP contribution >= 0.6 is 0 Å². The largest absolute Gasteiger partial charge is 0.497 e. The maximum Gasteiger partial charge on any atom is 0.490 e. The van der Waals surface area contributed by atoms with Crippen LogP contribution in [-0.4, -0.2) is 73.9 Å². The second kappa shape index (κ2) is 12.2. The van der Waals surface area contributed by atoms with Crippen LogP contribution in [0, 0.1) is 5.41 Å². The first-order chi connectivity index (χ1) is 20.1. The van der Waals surface area contributed by atoms with E-state index in [1.807, 2.05) is 66.4 Å². The number of likely N-dealkylation sites (tertiary alicyclic amines) is 2. The van der Waals surface area contributed by atoms with Crippen LogP contribution in [0.2, 0.25) is 0 Å². The Balaban J connectivity index is 1.30. The van der Waals surface area contributed by atoms with Crippen molar-refractivity contribution in [3.05, 3.63) is 71.8 Å². The number of halogens is 3. The molecule has 3 aromatic carbocycles. The number of fused-ring (bicyclic) bond motifs is 1. The standard InChI is InChI=1S/C32H35F3N2O5/c1-3-41-27-7-5-4-6-25(27)20-36-15-12-31(28(21-36)42-30(39)32(33,34)35)13-16-37(17-14-31)29(38)24-9-8-23-19-26(40-2)11-10-22(23)18-24/h4-11,18-19,28H,3,12-17,20-21H2,1-2H3. The normalized spacial score (nSPS) is 19.1. The number of rotatable bonds is 7. The first-order valence-electron chi connectivity index (χ1n) is 14.2. The highest BCUT2D eigenvalue weighted by molar-refractivity contribution is 5.98. The van der Waals surface area contributed by atoms with Gasteiger partial charge in [0.25, 0.3) is 5.91 Å². The number of esters is 1. The van der Waals surface area contributed by atoms with Crippen molar-refractivity contribution >= 4 is 22.6 Å². The van der Waals surface area contributed by atoms with Crippen LogP contribution in [0.3, 0.4) is 0 Å². The molecule has 1 amide bonds. The molecule has 2 heterocycles. The molecule has 224 valence electrons. The Labute approximate surface area is 243 Å². The molecule has 7 nitrogen and oxygen atoms in total. The lowest BCUT2D eigenvalue weighted by atomic mass is 9.69. The van der Waals surface area contributed by atoms with Crippen molar-refractivity contribution in [2.45, 2.75) is 45.0 Å². The third kappa shape index (κ3) is 6.33. The van der Waals surface area contributed by atoms with Crippen molar-refractivity contribution in [1.82, 2.24) is 9.80 Å². The molecule has 1 spiro atoms. The Morgan fingerprint density at radius 2 is 1.64 bits per heavy atom. The summed E-state index contributed by atoms with van der Waals surface area (Å²) in [5, 5.41) is 1.86. The van der Waals surface area contributed by atoms with Gasteiger partial charge < -0.3 is 19.1 Å². The number of benzene rings is 3. The van der Waals surface area contributed by atoms with Crippen LogP contribution < -0.4 is 9.47 Å². The molecule has 42 heavy (non-hydrogen) atoms. The van der Waals surface area contributed by atoms with Gasteiger partial charge in [0.1, 0.15) is 17.6 Å². The van der Waals surface area contributed by atoms with Crippen molar-refractivity contribution in [2.75, 3.05) is 39.9 Å². The molecule has 0 N–H and O–H groups in total. The summed E-state index contributed by atoms with van der Waals surface area (Å²) in [6.07, 6.45) is -4.58. The maximum absolute atomic E-state index is 13.4. The molecule has 5 rings (SSSR count). The lowest BCUT2D eigenvalue weighted by Crippen LogP contribution is -2.57. The minimum Gasteiger partial charge on any atom is -0.497 e. The van der Waals surface area contributed by atoms with Crippen molar-refractivity contribution in [2.24, 2.45) is 5.41 Å². The van der Waals surface area contributed by atoms with Gasteiger partial charge in [-0.2, -0.15) is 13.2 Å². The van der Waals surface area contributed by atoms with Gasteiger partial charge >= 0.3 is 12.1 Å². The molecule has 1 unspecified atom stereocenters. The number of hydrogen-bond acceptors (Lipinski definition) is 6. The van der Waals surface area contributed by atoms with Gasteiger partial charge in [0.2, 0.25) is 0 Å². The van der Waals surface area contributed by atoms with E-state index < -0.39 is 23.7 Å². The van der Waals surface area contributed by atoms with Gasteiger partial charge in [-0.3, -0.25) is 9.69 Å². The second-order valence-electron chi connectivity index (χ2n) is 11.0. The van der Waals surface area contributed by atoms with Gasteiger partial charge in [-0.1, -0.05) is 30.3 Å². The molecular weight excluding hydrogens is 549 g/mol. The minimum absolute atomic E-state index is 0.128. The Bertz CT molecular complexity index is 1440. The summed E-state index contributed by atoms with van der Waals surface area (Å²) in [6, 6.07) is 18.7. The predicted molar refractivity (Wildman–Crippen MR) is 152 cm³/mol. The molecular formula is C32H35F3N2O5. The van der Waals surface area contributed by atoms with Crippen LogP contribution in [0.1, 0.15) is 42.1 Å². The van der Waals surface area contributed by atoms with Crippen LogP contribution in [0.15, 0.2) is 60.7 Å². The summed E-state index contributed by atoms with van der Waals surface area (Å²) in [6.45, 7) is 4.38. The van der Waals surface area contributed by atoms with E-state index in [4.69, 9.17) is 14.2 Å². The van der Waals surface area contributed by atoms with Crippen LogP contribution in [0.4, 0.5) is 13.2 Å². The van der Waals surface area contributed by atoms with E-state index in [1.54, 1.807) is 18.1 Å². The summed E-state index contributed by atoms with van der Waals surface area (Å²) in [7, 11) is 1.60. The minimum atomic E-state index is -5.08. The average Bonchev–Trinajstić information content (AvgIpc) is 2.99. The third-order valence-corrected chi connectivity index (χ3v) is 8.52. The number of carbonyl (C=O) groups excluding carboxylic acids is 2. The third-order valence-electron chi connectivity index (χ3n) is 8.52. The van der Waals surface area contributed by atoms with Crippen LogP contribution in [-0.2, 0) is 16.1 Å². The molecule has 0 aliphatic carbocycles. The zero-order chi connectivity index (χ0) is 29.9. The van der Waals surface area contributed by atoms with Crippen molar-refractivity contribution in [3.63, 3.8) is 0 Å². The zero-order valence-corrected chi connectivity index (χ0v) is 23.8. The highest BCUT2D eigenvalue weighted by atomic mass is 19.4. The Morgan fingerprint density at radius 1 is 0.952 bits per heavy atom. The van der Waals surface area contributed by atoms with Crippen LogP contribution in [0.25, 0.3) is 10.8 Å². The highest BCUT2D eigenvalue weighted by Gasteiger charge is 2.51. The summed E-state index contributed by atoms with van der Waals surface area (Å²) < 4.78 is 56.0. The lowest BCUT2D eigenvalue weighted by molar-refractivity contribution is -0.216. The molecule has 2 saturated heterocycles. The van der Waals surface area contributed by atoms with Gasteiger partial charge in [-0.15, -0.1) is 0 Å². The molecule has 2 aliphatic rings. The van der Waals surface area contributed by atoms with E-state index in [2.05, 4.69) is 0 Å². The number of para-hydroxylation sites is 1. The molecule has 0 saturated carbocycles. The smallest absolute Gasteiger partial charge is 0.490 e. The fourth-order valence-corrected chi connectivity index (χ4v) is 6.13. The Morgan fingerprint density at radius 3 is 2.36 bits per heavy atom. The summed E-state index contributed by atoms with van der Waals surface area (Å²) in [5.74, 6) is -0.844. The molecule has 0 bridgehead atoms. The van der Waals surface area contributed by atoms with E-state index in [-0.39, 0.29) is 12.5 Å². The first-order valence-corrected chi connectivity index (χ1v) is 14.2. The van der Waals surface area contributed by atoms with E-state index in [1.165, 1.54) is 0 Å². The van der Waals surface area contributed by atoms with Crippen molar-refractivity contribution in [1.29, 1.82) is 0 Å². The fourth-order valence-electron chi connectivity index (χ4n) is 6.13. The number of nitrogens with zero attached hydrogens (tertiary/aromatic N) is 2. The highest BCUT2D eigenvalue weighted by Crippen LogP contribution is 2.44. The molecule has 2 aliphatic heterocycles. The molecule has 1 atom stereocenters. The van der Waals surface area contributed by atoms with Gasteiger partial charge in [-0.25, -0.2) is 4.79 Å². The summed E-state index contributed by atoms with van der Waals surface area (Å²) >= 11 is 0. The van der Waals surface area contributed by atoms with Gasteiger partial charge in [0.15, 0.2) is 0 Å². The van der Waals surface area contributed by atoms with Crippen LogP contribution in [0.5, 0.6) is 11.5 Å². The average molecular weight is 585 g/mol. The molecule has 10 heteroatoms. The van der Waals surface area contributed by atoms with Gasteiger partial charge in [0, 0.05) is 42.7 Å². The molecule has 0 aromatic heterocycles. The number of alkyl halides is 3.